The predicted molar refractivity (Wildman–Crippen MR) is 88.1 cm³/mol. The maximum Gasteiger partial charge on any atom is 0.0946 e. The number of nitrogens with one attached hydrogen (secondary N) is 1. The van der Waals surface area contributed by atoms with Crippen LogP contribution in [-0.4, -0.2) is 15.6 Å². The Balaban J connectivity index is 1.98. The molecule has 0 saturated carbocycles. The van der Waals surface area contributed by atoms with Crippen LogP contribution in [0.4, 0.5) is 0 Å². The molecule has 0 saturated heterocycles. The van der Waals surface area contributed by atoms with Crippen molar-refractivity contribution in [3.8, 4) is 0 Å². The fourth-order valence-corrected chi connectivity index (χ4v) is 2.38. The quantitative estimate of drug-likeness (QED) is 0.878. The first-order valence-corrected chi connectivity index (χ1v) is 7.76. The molecule has 0 radical (unpaired) electrons. The third-order valence-corrected chi connectivity index (χ3v) is 3.98. The number of hydrogen-bond donors (Lipinski definition) is 1. The normalized spacial score (nSPS) is 13.3. The van der Waals surface area contributed by atoms with E-state index in [9.17, 15) is 0 Å². The van der Waals surface area contributed by atoms with E-state index in [4.69, 9.17) is 0 Å². The lowest BCUT2D eigenvalue weighted by molar-refractivity contribution is 0.240. The van der Waals surface area contributed by atoms with Crippen molar-refractivity contribution in [3.05, 3.63) is 54.1 Å². The van der Waals surface area contributed by atoms with E-state index >= 15 is 0 Å². The van der Waals surface area contributed by atoms with Gasteiger partial charge in [-0.15, -0.1) is 0 Å². The summed E-state index contributed by atoms with van der Waals surface area (Å²) in [7, 11) is 0. The minimum absolute atomic E-state index is 0.202. The Morgan fingerprint density at radius 3 is 2.33 bits per heavy atom. The molecule has 2 rings (SSSR count). The molecule has 1 aromatic carbocycles. The van der Waals surface area contributed by atoms with E-state index in [-0.39, 0.29) is 5.41 Å². The molecule has 3 heteroatoms. The highest BCUT2D eigenvalue weighted by atomic mass is 15.1. The Morgan fingerprint density at radius 2 is 1.81 bits per heavy atom. The van der Waals surface area contributed by atoms with Crippen LogP contribution in [0, 0.1) is 5.41 Å². The zero-order chi connectivity index (χ0) is 15.3. The van der Waals surface area contributed by atoms with E-state index in [1.165, 1.54) is 11.1 Å². The monoisotopic (exact) mass is 285 g/mol. The summed E-state index contributed by atoms with van der Waals surface area (Å²) in [6.45, 7) is 10.9. The van der Waals surface area contributed by atoms with E-state index in [0.717, 1.165) is 19.5 Å². The molecule has 1 unspecified atom stereocenters. The van der Waals surface area contributed by atoms with Gasteiger partial charge in [0.25, 0.3) is 0 Å². The van der Waals surface area contributed by atoms with Gasteiger partial charge in [0.1, 0.15) is 0 Å². The van der Waals surface area contributed by atoms with Crippen LogP contribution in [0.3, 0.4) is 0 Å². The van der Waals surface area contributed by atoms with Gasteiger partial charge >= 0.3 is 0 Å². The summed E-state index contributed by atoms with van der Waals surface area (Å²) in [5.74, 6) is 0. The Bertz CT molecular complexity index is 521. The van der Waals surface area contributed by atoms with Gasteiger partial charge in [0.05, 0.1) is 6.33 Å². The predicted octanol–water partition coefficient (Wildman–Crippen LogP) is 3.65. The van der Waals surface area contributed by atoms with Crippen LogP contribution in [0.25, 0.3) is 0 Å². The molecule has 114 valence electrons. The smallest absolute Gasteiger partial charge is 0.0946 e. The second-order valence-corrected chi connectivity index (χ2v) is 6.73. The summed E-state index contributed by atoms with van der Waals surface area (Å²) < 4.78 is 2.14. The van der Waals surface area contributed by atoms with Crippen molar-refractivity contribution in [2.24, 2.45) is 5.41 Å². The van der Waals surface area contributed by atoms with Crippen LogP contribution >= 0.6 is 0 Å². The molecular formula is C18H27N3. The number of rotatable bonds is 6. The zero-order valence-corrected chi connectivity index (χ0v) is 13.6. The maximum absolute atomic E-state index is 4.13. The largest absolute Gasteiger partial charge is 0.336 e. The van der Waals surface area contributed by atoms with Crippen molar-refractivity contribution in [3.63, 3.8) is 0 Å². The van der Waals surface area contributed by atoms with Crippen LogP contribution in [0.5, 0.6) is 0 Å². The van der Waals surface area contributed by atoms with Gasteiger partial charge in [0.2, 0.25) is 0 Å². The zero-order valence-electron chi connectivity index (χ0n) is 13.6. The van der Waals surface area contributed by atoms with Gasteiger partial charge in [0.15, 0.2) is 0 Å². The van der Waals surface area contributed by atoms with Gasteiger partial charge in [-0.1, -0.05) is 52.0 Å². The van der Waals surface area contributed by atoms with Crippen LogP contribution in [0.2, 0.25) is 0 Å². The Morgan fingerprint density at radius 1 is 1.14 bits per heavy atom. The van der Waals surface area contributed by atoms with Crippen LogP contribution in [0.1, 0.15) is 38.8 Å². The number of hydrogen-bond acceptors (Lipinski definition) is 2. The molecule has 1 N–H and O–H groups in total. The molecule has 1 aromatic heterocycles. The summed E-state index contributed by atoms with van der Waals surface area (Å²) in [5, 5.41) is 3.70. The molecule has 0 aliphatic carbocycles. The van der Waals surface area contributed by atoms with Crippen molar-refractivity contribution in [1.29, 1.82) is 0 Å². The molecule has 0 spiro atoms. The lowest BCUT2D eigenvalue weighted by Gasteiger charge is -2.32. The highest BCUT2D eigenvalue weighted by Gasteiger charge is 2.24. The van der Waals surface area contributed by atoms with Gasteiger partial charge in [-0.05, 0) is 23.0 Å². The molecule has 2 aromatic rings. The number of nitrogens with zero attached hydrogens (tertiary/aromatic N) is 2. The lowest BCUT2D eigenvalue weighted by atomic mass is 9.86. The van der Waals surface area contributed by atoms with Gasteiger partial charge in [-0.3, -0.25) is 0 Å². The number of aromatic nitrogens is 2. The Hall–Kier alpha value is -1.61. The van der Waals surface area contributed by atoms with E-state index in [2.05, 4.69) is 66.8 Å². The molecule has 0 bridgehead atoms. The van der Waals surface area contributed by atoms with Crippen molar-refractivity contribution < 1.29 is 0 Å². The Kier molecular flexibility index (Phi) is 5.18. The minimum atomic E-state index is 0.202. The third-order valence-electron chi connectivity index (χ3n) is 3.98. The number of imidazole rings is 1. The fraction of sp³-hybridized carbons (Fsp3) is 0.500. The van der Waals surface area contributed by atoms with Gasteiger partial charge in [-0.2, -0.15) is 0 Å². The average molecular weight is 285 g/mol. The van der Waals surface area contributed by atoms with Gasteiger partial charge < -0.3 is 9.88 Å². The topological polar surface area (TPSA) is 29.9 Å². The summed E-state index contributed by atoms with van der Waals surface area (Å²) >= 11 is 0. The first kappa shape index (κ1) is 15.8. The van der Waals surface area contributed by atoms with E-state index in [1.54, 1.807) is 0 Å². The summed E-state index contributed by atoms with van der Waals surface area (Å²) in [5.41, 5.74) is 2.93. The highest BCUT2D eigenvalue weighted by molar-refractivity contribution is 5.22. The molecule has 0 aliphatic heterocycles. The second kappa shape index (κ2) is 6.90. The molecule has 21 heavy (non-hydrogen) atoms. The SMILES string of the molecule is CCc1ccc(CNC(Cn2ccnc2)C(C)(C)C)cc1. The summed E-state index contributed by atoms with van der Waals surface area (Å²) in [4.78, 5) is 4.13. The second-order valence-electron chi connectivity index (χ2n) is 6.73. The van der Waals surface area contributed by atoms with Crippen molar-refractivity contribution in [2.45, 2.75) is 53.2 Å². The molecule has 0 amide bonds. The van der Waals surface area contributed by atoms with Crippen LogP contribution < -0.4 is 5.32 Å². The first-order valence-electron chi connectivity index (χ1n) is 7.76. The van der Waals surface area contributed by atoms with E-state index in [0.29, 0.717) is 6.04 Å². The Labute approximate surface area is 128 Å². The molecular weight excluding hydrogens is 258 g/mol. The molecule has 0 aliphatic rings. The van der Waals surface area contributed by atoms with E-state index in [1.807, 2.05) is 18.7 Å². The third kappa shape index (κ3) is 4.71. The van der Waals surface area contributed by atoms with Crippen molar-refractivity contribution in [1.82, 2.24) is 14.9 Å². The fourth-order valence-electron chi connectivity index (χ4n) is 2.38. The number of aryl methyl sites for hydroxylation is 1. The van der Waals surface area contributed by atoms with Crippen LogP contribution in [-0.2, 0) is 19.5 Å². The lowest BCUT2D eigenvalue weighted by Crippen LogP contribution is -2.42. The molecule has 3 nitrogen and oxygen atoms in total. The summed E-state index contributed by atoms with van der Waals surface area (Å²) in [6.07, 6.45) is 6.84. The first-order chi connectivity index (χ1) is 9.99. The maximum atomic E-state index is 4.13. The van der Waals surface area contributed by atoms with Crippen LogP contribution in [0.15, 0.2) is 43.0 Å². The molecule has 0 fully saturated rings. The molecule has 1 heterocycles. The van der Waals surface area contributed by atoms with Crippen molar-refractivity contribution >= 4 is 0 Å². The number of benzene rings is 1. The van der Waals surface area contributed by atoms with Gasteiger partial charge in [-0.25, -0.2) is 4.98 Å². The van der Waals surface area contributed by atoms with Crippen molar-refractivity contribution in [2.75, 3.05) is 0 Å². The minimum Gasteiger partial charge on any atom is -0.336 e. The highest BCUT2D eigenvalue weighted by Crippen LogP contribution is 2.21. The average Bonchev–Trinajstić information content (AvgIpc) is 2.96. The standard InChI is InChI=1S/C18H27N3/c1-5-15-6-8-16(9-7-15)12-20-17(18(2,3)4)13-21-11-10-19-14-21/h6-11,14,17,20H,5,12-13H2,1-4H3. The summed E-state index contributed by atoms with van der Waals surface area (Å²) in [6, 6.07) is 9.29. The molecule has 1 atom stereocenters. The van der Waals surface area contributed by atoms with E-state index < -0.39 is 0 Å². The van der Waals surface area contributed by atoms with Gasteiger partial charge in [0, 0.05) is 31.5 Å².